The van der Waals surface area contributed by atoms with Gasteiger partial charge in [-0.25, -0.2) is 4.28 Å². The minimum atomic E-state index is -4.59. The maximum absolute atomic E-state index is 10.1. The Morgan fingerprint density at radius 1 is 1.58 bits per heavy atom. The number of nitrogens with zero attached hydrogens (tertiary/aromatic N) is 2. The van der Waals surface area contributed by atoms with Crippen molar-refractivity contribution in [2.75, 3.05) is 11.5 Å². The molecule has 0 aliphatic heterocycles. The molecular formula is C3H6N4O4S. The molecule has 0 fully saturated rings. The first-order valence-corrected chi connectivity index (χ1v) is 4.03. The van der Waals surface area contributed by atoms with Crippen LogP contribution in [0.2, 0.25) is 0 Å². The molecule has 5 N–H and O–H groups in total. The highest BCUT2D eigenvalue weighted by Gasteiger charge is 2.09. The molecule has 68 valence electrons. The number of hydrogen-bond donors (Lipinski definition) is 3. The molecule has 0 atom stereocenters. The molecule has 12 heavy (non-hydrogen) atoms. The molecule has 0 saturated carbocycles. The molecule has 0 aromatic carbocycles. The van der Waals surface area contributed by atoms with Gasteiger partial charge < -0.3 is 11.5 Å². The lowest BCUT2D eigenvalue weighted by Crippen LogP contribution is -2.19. The molecular weight excluding hydrogens is 188 g/mol. The van der Waals surface area contributed by atoms with Gasteiger partial charge in [0, 0.05) is 0 Å². The molecule has 1 rings (SSSR count). The third-order valence-electron chi connectivity index (χ3n) is 0.922. The third kappa shape index (κ3) is 2.00. The van der Waals surface area contributed by atoms with Crippen molar-refractivity contribution in [2.45, 2.75) is 0 Å². The van der Waals surface area contributed by atoms with Crippen LogP contribution in [0, 0.1) is 0 Å². The van der Waals surface area contributed by atoms with E-state index in [1.54, 1.807) is 0 Å². The van der Waals surface area contributed by atoms with E-state index in [-0.39, 0.29) is 11.5 Å². The summed E-state index contributed by atoms with van der Waals surface area (Å²) in [7, 11) is -4.59. The van der Waals surface area contributed by atoms with Gasteiger partial charge >= 0.3 is 10.4 Å². The number of anilines is 2. The van der Waals surface area contributed by atoms with Crippen molar-refractivity contribution < 1.29 is 17.3 Å². The normalized spacial score (nSPS) is 11.4. The first-order valence-electron chi connectivity index (χ1n) is 2.66. The van der Waals surface area contributed by atoms with Crippen LogP contribution in [-0.2, 0) is 10.4 Å². The summed E-state index contributed by atoms with van der Waals surface area (Å²) >= 11 is 0. The second-order valence-electron chi connectivity index (χ2n) is 1.87. The quantitative estimate of drug-likeness (QED) is 0.476. The van der Waals surface area contributed by atoms with Crippen molar-refractivity contribution in [1.82, 2.24) is 9.94 Å². The lowest BCUT2D eigenvalue weighted by atomic mass is 10.6. The maximum Gasteiger partial charge on any atom is 0.466 e. The Kier molecular flexibility index (Phi) is 1.82. The van der Waals surface area contributed by atoms with Gasteiger partial charge in [-0.15, -0.1) is 5.10 Å². The van der Waals surface area contributed by atoms with Gasteiger partial charge in [0.2, 0.25) is 0 Å². The van der Waals surface area contributed by atoms with Gasteiger partial charge in [0.1, 0.15) is 0 Å². The highest BCUT2D eigenvalue weighted by Crippen LogP contribution is 2.08. The van der Waals surface area contributed by atoms with E-state index < -0.39 is 10.4 Å². The molecule has 1 aromatic heterocycles. The van der Waals surface area contributed by atoms with Crippen LogP contribution >= 0.6 is 0 Å². The predicted octanol–water partition coefficient (Wildman–Crippen LogP) is -1.72. The molecule has 0 saturated heterocycles. The van der Waals surface area contributed by atoms with Crippen LogP contribution in [-0.4, -0.2) is 22.9 Å². The zero-order chi connectivity index (χ0) is 9.35. The van der Waals surface area contributed by atoms with Crippen LogP contribution in [0.4, 0.5) is 11.5 Å². The van der Waals surface area contributed by atoms with E-state index in [1.807, 2.05) is 0 Å². The summed E-state index contributed by atoms with van der Waals surface area (Å²) in [6.45, 7) is 0. The van der Waals surface area contributed by atoms with E-state index in [0.717, 1.165) is 6.20 Å². The summed E-state index contributed by atoms with van der Waals surface area (Å²) in [5.41, 5.74) is 10.4. The molecule has 0 amide bonds. The Hall–Kier alpha value is -1.48. The van der Waals surface area contributed by atoms with E-state index in [2.05, 4.69) is 9.38 Å². The van der Waals surface area contributed by atoms with Gasteiger partial charge in [0.15, 0.2) is 5.82 Å². The number of hydrogen-bond acceptors (Lipinski definition) is 6. The average molecular weight is 194 g/mol. The van der Waals surface area contributed by atoms with E-state index in [0.29, 0.717) is 4.85 Å². The van der Waals surface area contributed by atoms with Crippen LogP contribution in [0.1, 0.15) is 0 Å². The molecule has 1 heterocycles. The predicted molar refractivity (Wildman–Crippen MR) is 39.2 cm³/mol. The molecule has 8 nitrogen and oxygen atoms in total. The van der Waals surface area contributed by atoms with Crippen molar-refractivity contribution in [3.8, 4) is 0 Å². The molecule has 1 aromatic rings. The monoisotopic (exact) mass is 194 g/mol. The molecule has 0 aliphatic rings. The van der Waals surface area contributed by atoms with E-state index >= 15 is 0 Å². The van der Waals surface area contributed by atoms with Crippen molar-refractivity contribution in [2.24, 2.45) is 0 Å². The average Bonchev–Trinajstić information content (AvgIpc) is 2.07. The maximum atomic E-state index is 10.1. The highest BCUT2D eigenvalue weighted by molar-refractivity contribution is 7.81. The number of nitrogens with two attached hydrogens (primary N) is 2. The fourth-order valence-corrected chi connectivity index (χ4v) is 0.782. The Labute approximate surface area is 67.6 Å². The van der Waals surface area contributed by atoms with Gasteiger partial charge in [-0.1, -0.05) is 4.85 Å². The van der Waals surface area contributed by atoms with Crippen molar-refractivity contribution >= 4 is 21.9 Å². The Morgan fingerprint density at radius 2 is 2.17 bits per heavy atom. The van der Waals surface area contributed by atoms with Crippen LogP contribution in [0.15, 0.2) is 6.20 Å². The van der Waals surface area contributed by atoms with Gasteiger partial charge in [0.25, 0.3) is 0 Å². The number of nitrogen functional groups attached to an aromatic ring is 2. The van der Waals surface area contributed by atoms with E-state index in [9.17, 15) is 8.42 Å². The Bertz CT molecular complexity index is 362. The van der Waals surface area contributed by atoms with E-state index in [4.69, 9.17) is 16.0 Å². The highest BCUT2D eigenvalue weighted by atomic mass is 32.3. The molecule has 9 heteroatoms. The fourth-order valence-electron chi connectivity index (χ4n) is 0.513. The zero-order valence-electron chi connectivity index (χ0n) is 5.71. The number of aromatic nitrogens is 2. The molecule has 0 aliphatic carbocycles. The summed E-state index contributed by atoms with van der Waals surface area (Å²) in [6.07, 6.45) is 1.00. The molecule has 0 spiro atoms. The molecule has 0 unspecified atom stereocenters. The molecule has 0 bridgehead atoms. The minimum Gasteiger partial charge on any atom is -0.394 e. The van der Waals surface area contributed by atoms with E-state index in [1.165, 1.54) is 0 Å². The summed E-state index contributed by atoms with van der Waals surface area (Å²) in [5.74, 6) is -0.0846. The van der Waals surface area contributed by atoms with Gasteiger partial charge in [-0.2, -0.15) is 8.42 Å². The zero-order valence-corrected chi connectivity index (χ0v) is 6.52. The molecule has 0 radical (unpaired) electrons. The summed E-state index contributed by atoms with van der Waals surface area (Å²) in [6, 6.07) is 0. The second-order valence-corrected chi connectivity index (χ2v) is 2.88. The van der Waals surface area contributed by atoms with Gasteiger partial charge in [-0.05, 0) is 0 Å². The third-order valence-corrected chi connectivity index (χ3v) is 1.26. The van der Waals surface area contributed by atoms with Crippen molar-refractivity contribution in [3.63, 3.8) is 0 Å². The second kappa shape index (κ2) is 2.53. The summed E-state index contributed by atoms with van der Waals surface area (Å²) in [4.78, 5) is 0.444. The van der Waals surface area contributed by atoms with Crippen molar-refractivity contribution in [1.29, 1.82) is 0 Å². The first-order chi connectivity index (χ1) is 5.38. The minimum absolute atomic E-state index is 0.0543. The van der Waals surface area contributed by atoms with Crippen LogP contribution in [0.3, 0.4) is 0 Å². The van der Waals surface area contributed by atoms with Gasteiger partial charge in [0.05, 0.1) is 11.9 Å². The standard InChI is InChI=1S/C3H6N4O4S/c4-2-1-7(6-3(2)5)11-12(8,9)10/h1H,4H2,(H2,5,6)(H,8,9,10). The summed E-state index contributed by atoms with van der Waals surface area (Å²) < 4.78 is 32.3. The SMILES string of the molecule is Nc1cn(OS(=O)(=O)O)nc1N. The fraction of sp³-hybridized carbons (Fsp3) is 0. The lowest BCUT2D eigenvalue weighted by molar-refractivity contribution is 0.209. The topological polar surface area (TPSA) is 133 Å². The first kappa shape index (κ1) is 8.62. The lowest BCUT2D eigenvalue weighted by Gasteiger charge is -1.96. The Balaban J connectivity index is 2.92. The van der Waals surface area contributed by atoms with Gasteiger partial charge in [-0.3, -0.25) is 4.55 Å². The smallest absolute Gasteiger partial charge is 0.394 e. The van der Waals surface area contributed by atoms with Crippen LogP contribution in [0.25, 0.3) is 0 Å². The van der Waals surface area contributed by atoms with Crippen molar-refractivity contribution in [3.05, 3.63) is 6.20 Å². The van der Waals surface area contributed by atoms with Crippen LogP contribution in [0.5, 0.6) is 0 Å². The largest absolute Gasteiger partial charge is 0.466 e. The number of rotatable bonds is 2. The summed E-state index contributed by atoms with van der Waals surface area (Å²) in [5, 5.41) is 3.30. The van der Waals surface area contributed by atoms with Crippen LogP contribution < -0.4 is 15.8 Å². The Morgan fingerprint density at radius 3 is 2.50 bits per heavy atom.